The van der Waals surface area contributed by atoms with Crippen molar-refractivity contribution in [3.05, 3.63) is 69.8 Å². The first kappa shape index (κ1) is 20.6. The van der Waals surface area contributed by atoms with Gasteiger partial charge in [-0.25, -0.2) is 0 Å². The van der Waals surface area contributed by atoms with E-state index in [1.807, 2.05) is 18.2 Å². The van der Waals surface area contributed by atoms with Crippen molar-refractivity contribution in [3.63, 3.8) is 0 Å². The van der Waals surface area contributed by atoms with Crippen molar-refractivity contribution in [3.8, 4) is 0 Å². The maximum Gasteiger partial charge on any atom is 0.274 e. The van der Waals surface area contributed by atoms with Crippen molar-refractivity contribution < 1.29 is 9.72 Å². The molecule has 0 aliphatic heterocycles. The molecule has 0 heterocycles. The third kappa shape index (κ3) is 6.49. The van der Waals surface area contributed by atoms with Crippen LogP contribution in [0.1, 0.15) is 37.8 Å². The van der Waals surface area contributed by atoms with Crippen LogP contribution in [0.5, 0.6) is 0 Å². The Balaban J connectivity index is 1.80. The smallest absolute Gasteiger partial charge is 0.274 e. The first-order chi connectivity index (χ1) is 12.8. The van der Waals surface area contributed by atoms with Crippen molar-refractivity contribution in [2.75, 3.05) is 11.9 Å². The maximum atomic E-state index is 12.2. The third-order valence-corrected chi connectivity index (χ3v) is 4.61. The number of benzene rings is 2. The summed E-state index contributed by atoms with van der Waals surface area (Å²) in [6.07, 6.45) is 2.24. The zero-order chi connectivity index (χ0) is 19.9. The molecule has 0 radical (unpaired) electrons. The highest BCUT2D eigenvalue weighted by molar-refractivity contribution is 5.92. The number of nitro groups is 1. The van der Waals surface area contributed by atoms with Gasteiger partial charge in [0.25, 0.3) is 5.69 Å². The number of aryl methyl sites for hydroxylation is 1. The lowest BCUT2D eigenvalue weighted by molar-refractivity contribution is -0.385. The summed E-state index contributed by atoms with van der Waals surface area (Å²) >= 11 is 0. The van der Waals surface area contributed by atoms with Crippen LogP contribution in [0.2, 0.25) is 0 Å². The first-order valence-electron chi connectivity index (χ1n) is 9.11. The molecule has 6 nitrogen and oxygen atoms in total. The van der Waals surface area contributed by atoms with Gasteiger partial charge in [0.05, 0.1) is 16.2 Å². The molecule has 6 heteroatoms. The molecule has 0 aliphatic carbocycles. The van der Waals surface area contributed by atoms with Gasteiger partial charge in [-0.1, -0.05) is 36.4 Å². The Bertz CT molecular complexity index is 789. The number of carbonyl (C=O) groups is 1. The molecule has 2 N–H and O–H groups in total. The normalized spacial score (nSPS) is 11.2. The lowest BCUT2D eigenvalue weighted by Crippen LogP contribution is -2.41. The van der Waals surface area contributed by atoms with Crippen LogP contribution in [0.25, 0.3) is 0 Å². The molecule has 0 atom stereocenters. The molecule has 1 amide bonds. The summed E-state index contributed by atoms with van der Waals surface area (Å²) in [7, 11) is 0. The number of nitrogens with zero attached hydrogens (tertiary/aromatic N) is 1. The van der Waals surface area contributed by atoms with Gasteiger partial charge in [0.15, 0.2) is 0 Å². The van der Waals surface area contributed by atoms with E-state index >= 15 is 0 Å². The van der Waals surface area contributed by atoms with E-state index in [2.05, 4.69) is 36.6 Å². The minimum atomic E-state index is -0.443. The predicted octanol–water partition coefficient (Wildman–Crippen LogP) is 4.23. The quantitative estimate of drug-likeness (QED) is 0.512. The minimum Gasteiger partial charge on any atom is -0.326 e. The third-order valence-electron chi connectivity index (χ3n) is 4.61. The van der Waals surface area contributed by atoms with Crippen LogP contribution in [-0.4, -0.2) is 22.9 Å². The number of carbonyl (C=O) groups excluding carboxylic acids is 1. The number of anilines is 1. The second-order valence-corrected chi connectivity index (χ2v) is 7.30. The van der Waals surface area contributed by atoms with E-state index in [1.54, 1.807) is 19.1 Å². The molecule has 0 unspecified atom stereocenters. The Morgan fingerprint density at radius 3 is 2.48 bits per heavy atom. The lowest BCUT2D eigenvalue weighted by Gasteiger charge is -2.26. The molecule has 0 aromatic heterocycles. The second kappa shape index (κ2) is 9.28. The molecule has 0 fully saturated rings. The highest BCUT2D eigenvalue weighted by Gasteiger charge is 2.18. The van der Waals surface area contributed by atoms with Gasteiger partial charge >= 0.3 is 0 Å². The van der Waals surface area contributed by atoms with Gasteiger partial charge in [-0.3, -0.25) is 14.9 Å². The highest BCUT2D eigenvalue weighted by Crippen LogP contribution is 2.25. The largest absolute Gasteiger partial charge is 0.326 e. The SMILES string of the molecule is Cc1c(NC(=O)CCNC(C)(C)CCc2ccccc2)cccc1[N+](=O)[O-]. The van der Waals surface area contributed by atoms with Gasteiger partial charge in [-0.2, -0.15) is 0 Å². The van der Waals surface area contributed by atoms with Crippen molar-refractivity contribution >= 4 is 17.3 Å². The van der Waals surface area contributed by atoms with Crippen LogP contribution in [-0.2, 0) is 11.2 Å². The van der Waals surface area contributed by atoms with E-state index in [4.69, 9.17) is 0 Å². The van der Waals surface area contributed by atoms with Crippen LogP contribution in [0.4, 0.5) is 11.4 Å². The number of nitro benzene ring substituents is 1. The van der Waals surface area contributed by atoms with Gasteiger partial charge in [0.2, 0.25) is 5.91 Å². The summed E-state index contributed by atoms with van der Waals surface area (Å²) in [5, 5.41) is 17.2. The first-order valence-corrected chi connectivity index (χ1v) is 9.11. The predicted molar refractivity (Wildman–Crippen MR) is 108 cm³/mol. The fourth-order valence-corrected chi connectivity index (χ4v) is 2.87. The van der Waals surface area contributed by atoms with E-state index in [0.29, 0.717) is 24.2 Å². The van der Waals surface area contributed by atoms with Crippen molar-refractivity contribution in [2.45, 2.75) is 45.6 Å². The lowest BCUT2D eigenvalue weighted by atomic mass is 9.95. The molecular weight excluding hydrogens is 342 g/mol. The molecule has 0 saturated carbocycles. The van der Waals surface area contributed by atoms with E-state index in [-0.39, 0.29) is 17.1 Å². The molecule has 0 bridgehead atoms. The monoisotopic (exact) mass is 369 g/mol. The molecule has 0 aliphatic rings. The van der Waals surface area contributed by atoms with Crippen molar-refractivity contribution in [1.29, 1.82) is 0 Å². The van der Waals surface area contributed by atoms with Crippen LogP contribution < -0.4 is 10.6 Å². The Labute approximate surface area is 160 Å². The van der Waals surface area contributed by atoms with Crippen molar-refractivity contribution in [2.24, 2.45) is 0 Å². The van der Waals surface area contributed by atoms with Gasteiger partial charge in [-0.15, -0.1) is 0 Å². The fourth-order valence-electron chi connectivity index (χ4n) is 2.87. The molecule has 27 heavy (non-hydrogen) atoms. The van der Waals surface area contributed by atoms with Gasteiger partial charge in [-0.05, 0) is 45.2 Å². The number of amides is 1. The average Bonchev–Trinajstić information content (AvgIpc) is 2.62. The number of hydrogen-bond acceptors (Lipinski definition) is 4. The zero-order valence-electron chi connectivity index (χ0n) is 16.1. The number of rotatable bonds is 9. The summed E-state index contributed by atoms with van der Waals surface area (Å²) in [4.78, 5) is 22.7. The second-order valence-electron chi connectivity index (χ2n) is 7.30. The van der Waals surface area contributed by atoms with Crippen LogP contribution in [0.15, 0.2) is 48.5 Å². The van der Waals surface area contributed by atoms with Crippen LogP contribution in [0, 0.1) is 17.0 Å². The molecule has 2 aromatic carbocycles. The maximum absolute atomic E-state index is 12.2. The van der Waals surface area contributed by atoms with Gasteiger partial charge < -0.3 is 10.6 Å². The topological polar surface area (TPSA) is 84.3 Å². The van der Waals surface area contributed by atoms with E-state index in [9.17, 15) is 14.9 Å². The van der Waals surface area contributed by atoms with E-state index in [0.717, 1.165) is 12.8 Å². The fraction of sp³-hybridized carbons (Fsp3) is 0.381. The number of hydrogen-bond donors (Lipinski definition) is 2. The van der Waals surface area contributed by atoms with E-state index < -0.39 is 4.92 Å². The standard InChI is InChI=1S/C21H27N3O3/c1-16-18(10-7-11-19(16)24(26)27)23-20(25)13-15-22-21(2,3)14-12-17-8-5-4-6-9-17/h4-11,22H,12-15H2,1-3H3,(H,23,25). The zero-order valence-corrected chi connectivity index (χ0v) is 16.1. The summed E-state index contributed by atoms with van der Waals surface area (Å²) in [5.74, 6) is -0.162. The Kier molecular flexibility index (Phi) is 7.07. The summed E-state index contributed by atoms with van der Waals surface area (Å²) in [6, 6.07) is 15.0. The Morgan fingerprint density at radius 2 is 1.81 bits per heavy atom. The highest BCUT2D eigenvalue weighted by atomic mass is 16.6. The molecule has 144 valence electrons. The van der Waals surface area contributed by atoms with E-state index in [1.165, 1.54) is 11.6 Å². The minimum absolute atomic E-state index is 0.00738. The molecular formula is C21H27N3O3. The number of nitrogens with one attached hydrogen (secondary N) is 2. The summed E-state index contributed by atoms with van der Waals surface area (Å²) in [6.45, 7) is 6.43. The molecule has 0 spiro atoms. The van der Waals surface area contributed by atoms with Crippen LogP contribution >= 0.6 is 0 Å². The molecule has 2 aromatic rings. The van der Waals surface area contributed by atoms with Crippen LogP contribution in [0.3, 0.4) is 0 Å². The summed E-state index contributed by atoms with van der Waals surface area (Å²) in [5.41, 5.74) is 2.17. The average molecular weight is 369 g/mol. The Hall–Kier alpha value is -2.73. The molecule has 2 rings (SSSR count). The van der Waals surface area contributed by atoms with Crippen molar-refractivity contribution in [1.82, 2.24) is 5.32 Å². The molecule has 0 saturated heterocycles. The Morgan fingerprint density at radius 1 is 1.11 bits per heavy atom. The van der Waals surface area contributed by atoms with Gasteiger partial charge in [0, 0.05) is 24.6 Å². The van der Waals surface area contributed by atoms with Gasteiger partial charge in [0.1, 0.15) is 0 Å². The summed E-state index contributed by atoms with van der Waals surface area (Å²) < 4.78 is 0.